The Morgan fingerprint density at radius 3 is 3.08 bits per heavy atom. The van der Waals surface area contributed by atoms with Crippen LogP contribution in [0, 0.1) is 0 Å². The van der Waals surface area contributed by atoms with E-state index >= 15 is 0 Å². The van der Waals surface area contributed by atoms with Crippen molar-refractivity contribution in [3.63, 3.8) is 0 Å². The van der Waals surface area contributed by atoms with E-state index in [0.717, 1.165) is 22.0 Å². The number of hydrogen-bond acceptors (Lipinski definition) is 2. The predicted molar refractivity (Wildman–Crippen MR) is 51.1 cm³/mol. The maximum Gasteiger partial charge on any atom is 0.182 e. The van der Waals surface area contributed by atoms with E-state index in [1.807, 2.05) is 6.07 Å². The smallest absolute Gasteiger partial charge is 0.182 e. The van der Waals surface area contributed by atoms with Gasteiger partial charge in [0, 0.05) is 0 Å². The third-order valence-corrected chi connectivity index (χ3v) is 2.44. The summed E-state index contributed by atoms with van der Waals surface area (Å²) >= 11 is 3.43. The zero-order chi connectivity index (χ0) is 8.55. The van der Waals surface area contributed by atoms with E-state index in [1.54, 1.807) is 0 Å². The predicted octanol–water partition coefficient (Wildman–Crippen LogP) is 3.15. The molecular weight excluding hydrogens is 218 g/mol. The highest BCUT2D eigenvalue weighted by Gasteiger charge is 2.04. The van der Waals surface area contributed by atoms with Crippen molar-refractivity contribution < 1.29 is 4.42 Å². The summed E-state index contributed by atoms with van der Waals surface area (Å²) in [6, 6.07) is 4.11. The molecule has 1 aromatic carbocycles. The zero-order valence-corrected chi connectivity index (χ0v) is 8.26. The van der Waals surface area contributed by atoms with Gasteiger partial charge in [0.15, 0.2) is 12.0 Å². The van der Waals surface area contributed by atoms with Crippen molar-refractivity contribution in [3.05, 3.63) is 28.6 Å². The monoisotopic (exact) mass is 225 g/mol. The van der Waals surface area contributed by atoms with Crippen molar-refractivity contribution in [3.8, 4) is 0 Å². The number of halogens is 1. The molecule has 0 aliphatic carbocycles. The number of fused-ring (bicyclic) bond motifs is 1. The van der Waals surface area contributed by atoms with E-state index in [0.29, 0.717) is 0 Å². The minimum absolute atomic E-state index is 0.826. The van der Waals surface area contributed by atoms with Crippen LogP contribution < -0.4 is 0 Å². The van der Waals surface area contributed by atoms with Gasteiger partial charge in [0.1, 0.15) is 5.52 Å². The standard InChI is InChI=1S/C9H8BrNO/c1-2-6-3-7(10)9-8(4-6)11-5-12-9/h3-5H,2H2,1H3. The van der Waals surface area contributed by atoms with Crippen LogP contribution in [0.4, 0.5) is 0 Å². The molecule has 0 spiro atoms. The van der Waals surface area contributed by atoms with Crippen molar-refractivity contribution in [1.82, 2.24) is 4.98 Å². The lowest BCUT2D eigenvalue weighted by atomic mass is 10.1. The van der Waals surface area contributed by atoms with Gasteiger partial charge in [-0.05, 0) is 40.0 Å². The summed E-state index contributed by atoms with van der Waals surface area (Å²) < 4.78 is 6.17. The minimum atomic E-state index is 0.826. The second-order valence-corrected chi connectivity index (χ2v) is 3.49. The van der Waals surface area contributed by atoms with E-state index in [-0.39, 0.29) is 0 Å². The van der Waals surface area contributed by atoms with Crippen molar-refractivity contribution in [1.29, 1.82) is 0 Å². The summed E-state index contributed by atoms with van der Waals surface area (Å²) in [6.45, 7) is 2.12. The number of aromatic nitrogens is 1. The molecule has 12 heavy (non-hydrogen) atoms. The Bertz CT molecular complexity index is 408. The summed E-state index contributed by atoms with van der Waals surface area (Å²) in [6.07, 6.45) is 2.48. The van der Waals surface area contributed by atoms with Gasteiger partial charge in [0.2, 0.25) is 0 Å². The van der Waals surface area contributed by atoms with Gasteiger partial charge in [0.25, 0.3) is 0 Å². The van der Waals surface area contributed by atoms with Crippen molar-refractivity contribution in [2.45, 2.75) is 13.3 Å². The molecule has 0 N–H and O–H groups in total. The molecule has 0 radical (unpaired) electrons. The quantitative estimate of drug-likeness (QED) is 0.746. The summed E-state index contributed by atoms with van der Waals surface area (Å²) in [5.41, 5.74) is 3.01. The Hall–Kier alpha value is -0.830. The highest BCUT2D eigenvalue weighted by atomic mass is 79.9. The van der Waals surface area contributed by atoms with E-state index in [1.165, 1.54) is 12.0 Å². The molecule has 0 fully saturated rings. The van der Waals surface area contributed by atoms with E-state index < -0.39 is 0 Å². The summed E-state index contributed by atoms with van der Waals surface area (Å²) in [5, 5.41) is 0. The number of rotatable bonds is 1. The van der Waals surface area contributed by atoms with Crippen molar-refractivity contribution >= 4 is 27.0 Å². The number of hydrogen-bond donors (Lipinski definition) is 0. The fourth-order valence-corrected chi connectivity index (χ4v) is 1.78. The lowest BCUT2D eigenvalue weighted by Crippen LogP contribution is -1.80. The van der Waals surface area contributed by atoms with Gasteiger partial charge in [-0.15, -0.1) is 0 Å². The van der Waals surface area contributed by atoms with Gasteiger partial charge in [-0.1, -0.05) is 6.92 Å². The molecule has 0 unspecified atom stereocenters. The second kappa shape index (κ2) is 2.90. The Labute approximate surface area is 78.7 Å². The molecule has 3 heteroatoms. The second-order valence-electron chi connectivity index (χ2n) is 2.63. The van der Waals surface area contributed by atoms with Gasteiger partial charge in [-0.2, -0.15) is 0 Å². The maximum absolute atomic E-state index is 5.19. The van der Waals surface area contributed by atoms with Crippen LogP contribution >= 0.6 is 15.9 Å². The molecule has 2 aromatic rings. The first-order valence-electron chi connectivity index (χ1n) is 3.83. The van der Waals surface area contributed by atoms with Crippen molar-refractivity contribution in [2.24, 2.45) is 0 Å². The van der Waals surface area contributed by atoms with Crippen molar-refractivity contribution in [2.75, 3.05) is 0 Å². The van der Waals surface area contributed by atoms with Crippen LogP contribution in [-0.2, 0) is 6.42 Å². The molecule has 0 amide bonds. The molecule has 1 aromatic heterocycles. The number of aryl methyl sites for hydroxylation is 1. The van der Waals surface area contributed by atoms with Gasteiger partial charge < -0.3 is 4.42 Å². The normalized spacial score (nSPS) is 10.8. The molecule has 62 valence electrons. The topological polar surface area (TPSA) is 26.0 Å². The first-order valence-corrected chi connectivity index (χ1v) is 4.62. The zero-order valence-electron chi connectivity index (χ0n) is 6.67. The Morgan fingerprint density at radius 2 is 2.33 bits per heavy atom. The van der Waals surface area contributed by atoms with E-state index in [4.69, 9.17) is 4.42 Å². The fourth-order valence-electron chi connectivity index (χ4n) is 1.19. The minimum Gasteiger partial charge on any atom is -0.442 e. The highest BCUT2D eigenvalue weighted by Crippen LogP contribution is 2.24. The largest absolute Gasteiger partial charge is 0.442 e. The van der Waals surface area contributed by atoms with Crippen LogP contribution in [0.15, 0.2) is 27.4 Å². The molecule has 2 nitrogen and oxygen atoms in total. The SMILES string of the molecule is CCc1cc(Br)c2ocnc2c1. The lowest BCUT2D eigenvalue weighted by molar-refractivity contribution is 0.600. The molecule has 2 rings (SSSR count). The summed E-state index contributed by atoms with van der Waals surface area (Å²) in [7, 11) is 0. The summed E-state index contributed by atoms with van der Waals surface area (Å²) in [4.78, 5) is 4.09. The molecule has 0 atom stereocenters. The van der Waals surface area contributed by atoms with Gasteiger partial charge in [-0.25, -0.2) is 4.98 Å². The first kappa shape index (κ1) is 7.80. The van der Waals surface area contributed by atoms with E-state index in [2.05, 4.69) is 33.9 Å². The number of oxazole rings is 1. The molecule has 0 bridgehead atoms. The average molecular weight is 226 g/mol. The van der Waals surface area contributed by atoms with Crippen LogP contribution in [0.25, 0.3) is 11.1 Å². The Kier molecular flexibility index (Phi) is 1.89. The summed E-state index contributed by atoms with van der Waals surface area (Å²) in [5.74, 6) is 0. The average Bonchev–Trinajstić information content (AvgIpc) is 2.52. The van der Waals surface area contributed by atoms with Gasteiger partial charge in [0.05, 0.1) is 4.47 Å². The van der Waals surface area contributed by atoms with Crippen LogP contribution in [0.2, 0.25) is 0 Å². The lowest BCUT2D eigenvalue weighted by Gasteiger charge is -1.96. The van der Waals surface area contributed by atoms with Crippen LogP contribution in [0.3, 0.4) is 0 Å². The van der Waals surface area contributed by atoms with Crippen LogP contribution in [0.1, 0.15) is 12.5 Å². The van der Waals surface area contributed by atoms with Crippen LogP contribution in [-0.4, -0.2) is 4.98 Å². The molecule has 0 saturated carbocycles. The maximum atomic E-state index is 5.19. The third-order valence-electron chi connectivity index (χ3n) is 1.85. The highest BCUT2D eigenvalue weighted by molar-refractivity contribution is 9.10. The fraction of sp³-hybridized carbons (Fsp3) is 0.222. The van der Waals surface area contributed by atoms with Gasteiger partial charge >= 0.3 is 0 Å². The van der Waals surface area contributed by atoms with Gasteiger partial charge in [-0.3, -0.25) is 0 Å². The number of benzene rings is 1. The van der Waals surface area contributed by atoms with Crippen LogP contribution in [0.5, 0.6) is 0 Å². The molecular formula is C9H8BrNO. The third kappa shape index (κ3) is 1.14. The molecule has 0 saturated heterocycles. The Balaban J connectivity index is 2.75. The number of nitrogens with zero attached hydrogens (tertiary/aromatic N) is 1. The Morgan fingerprint density at radius 1 is 1.50 bits per heavy atom. The first-order chi connectivity index (χ1) is 5.81. The van der Waals surface area contributed by atoms with E-state index in [9.17, 15) is 0 Å². The molecule has 0 aliphatic rings. The molecule has 1 heterocycles. The molecule has 0 aliphatic heterocycles.